The van der Waals surface area contributed by atoms with Crippen LogP contribution < -0.4 is 0 Å². The number of rotatable bonds is 1. The van der Waals surface area contributed by atoms with Gasteiger partial charge in [-0.15, -0.1) is 0 Å². The SMILES string of the molecule is CC1(C)OC2C(=O)C=C(CO)C2O1. The van der Waals surface area contributed by atoms with Crippen LogP contribution in [0.25, 0.3) is 0 Å². The lowest BCUT2D eigenvalue weighted by atomic mass is 10.2. The number of aliphatic hydroxyl groups is 1. The van der Waals surface area contributed by atoms with Crippen LogP contribution in [-0.4, -0.2) is 35.5 Å². The fourth-order valence-electron chi connectivity index (χ4n) is 1.72. The molecule has 72 valence electrons. The fraction of sp³-hybridized carbons (Fsp3) is 0.667. The summed E-state index contributed by atoms with van der Waals surface area (Å²) < 4.78 is 10.9. The van der Waals surface area contributed by atoms with Gasteiger partial charge in [0.1, 0.15) is 6.10 Å². The minimum absolute atomic E-state index is 0.111. The summed E-state index contributed by atoms with van der Waals surface area (Å²) in [4.78, 5) is 11.3. The molecule has 2 unspecified atom stereocenters. The van der Waals surface area contributed by atoms with E-state index in [1.807, 2.05) is 0 Å². The monoisotopic (exact) mass is 184 g/mol. The van der Waals surface area contributed by atoms with Gasteiger partial charge in [-0.05, 0) is 25.5 Å². The molecule has 1 heterocycles. The molecule has 1 fully saturated rings. The Labute approximate surface area is 76.1 Å². The number of aliphatic hydroxyl groups excluding tert-OH is 1. The van der Waals surface area contributed by atoms with Gasteiger partial charge in [0.15, 0.2) is 17.7 Å². The molecule has 1 aliphatic heterocycles. The van der Waals surface area contributed by atoms with Crippen molar-refractivity contribution in [3.05, 3.63) is 11.6 Å². The van der Waals surface area contributed by atoms with E-state index in [0.717, 1.165) is 0 Å². The molecule has 2 atom stereocenters. The van der Waals surface area contributed by atoms with Crippen molar-refractivity contribution in [2.45, 2.75) is 31.8 Å². The molecule has 2 aliphatic rings. The van der Waals surface area contributed by atoms with Gasteiger partial charge in [0.05, 0.1) is 6.61 Å². The van der Waals surface area contributed by atoms with Gasteiger partial charge < -0.3 is 14.6 Å². The van der Waals surface area contributed by atoms with E-state index in [1.54, 1.807) is 13.8 Å². The number of carbonyl (C=O) groups is 1. The minimum Gasteiger partial charge on any atom is -0.392 e. The maximum atomic E-state index is 11.3. The zero-order valence-electron chi connectivity index (χ0n) is 7.61. The van der Waals surface area contributed by atoms with Crippen LogP contribution in [0.15, 0.2) is 11.6 Å². The van der Waals surface area contributed by atoms with Crippen LogP contribution in [0, 0.1) is 0 Å². The third kappa shape index (κ3) is 1.31. The predicted molar refractivity (Wildman–Crippen MR) is 44.0 cm³/mol. The molecule has 0 bridgehead atoms. The second-order valence-electron chi connectivity index (χ2n) is 3.76. The molecule has 0 saturated carbocycles. The van der Waals surface area contributed by atoms with Crippen molar-refractivity contribution in [1.29, 1.82) is 0 Å². The Morgan fingerprint density at radius 2 is 2.08 bits per heavy atom. The van der Waals surface area contributed by atoms with Crippen molar-refractivity contribution in [2.24, 2.45) is 0 Å². The molecule has 0 aromatic rings. The van der Waals surface area contributed by atoms with Crippen molar-refractivity contribution >= 4 is 5.78 Å². The highest BCUT2D eigenvalue weighted by Crippen LogP contribution is 2.36. The van der Waals surface area contributed by atoms with Gasteiger partial charge in [0.25, 0.3) is 0 Å². The van der Waals surface area contributed by atoms with Gasteiger partial charge in [-0.25, -0.2) is 0 Å². The van der Waals surface area contributed by atoms with Crippen LogP contribution in [0.3, 0.4) is 0 Å². The smallest absolute Gasteiger partial charge is 0.187 e. The number of ketones is 1. The van der Waals surface area contributed by atoms with E-state index in [9.17, 15) is 4.79 Å². The van der Waals surface area contributed by atoms with Crippen LogP contribution >= 0.6 is 0 Å². The Morgan fingerprint density at radius 1 is 1.46 bits per heavy atom. The Morgan fingerprint density at radius 3 is 2.69 bits per heavy atom. The molecule has 0 aromatic carbocycles. The average Bonchev–Trinajstić information content (AvgIpc) is 2.47. The summed E-state index contributed by atoms with van der Waals surface area (Å²) in [5, 5.41) is 8.95. The molecular weight excluding hydrogens is 172 g/mol. The molecule has 1 saturated heterocycles. The van der Waals surface area contributed by atoms with Gasteiger partial charge in [-0.1, -0.05) is 0 Å². The maximum Gasteiger partial charge on any atom is 0.187 e. The first-order valence-corrected chi connectivity index (χ1v) is 4.24. The molecule has 0 aromatic heterocycles. The van der Waals surface area contributed by atoms with E-state index in [1.165, 1.54) is 6.08 Å². The van der Waals surface area contributed by atoms with Crippen molar-refractivity contribution in [3.8, 4) is 0 Å². The summed E-state index contributed by atoms with van der Waals surface area (Å²) in [6.45, 7) is 3.37. The third-order valence-corrected chi connectivity index (χ3v) is 2.25. The first kappa shape index (κ1) is 8.87. The Hall–Kier alpha value is -0.710. The largest absolute Gasteiger partial charge is 0.392 e. The summed E-state index contributed by atoms with van der Waals surface area (Å²) in [5.74, 6) is -0.834. The normalized spacial score (nSPS) is 36.2. The standard InChI is InChI=1S/C9H12O4/c1-9(2)12-7-5(4-10)3-6(11)8(7)13-9/h3,7-8,10H,4H2,1-2H3. The number of carbonyl (C=O) groups excluding carboxylic acids is 1. The van der Waals surface area contributed by atoms with Gasteiger partial charge in [0.2, 0.25) is 0 Å². The second kappa shape index (κ2) is 2.64. The quantitative estimate of drug-likeness (QED) is 0.623. The predicted octanol–water partition coefficient (Wildman–Crippen LogP) is 0.00790. The molecule has 1 aliphatic carbocycles. The molecule has 0 spiro atoms. The van der Waals surface area contributed by atoms with Crippen LogP contribution in [0.5, 0.6) is 0 Å². The lowest BCUT2D eigenvalue weighted by Gasteiger charge is -2.17. The molecule has 0 radical (unpaired) electrons. The minimum atomic E-state index is -0.723. The summed E-state index contributed by atoms with van der Waals surface area (Å²) >= 11 is 0. The molecule has 0 amide bonds. The van der Waals surface area contributed by atoms with Crippen LogP contribution in [-0.2, 0) is 14.3 Å². The summed E-state index contributed by atoms with van der Waals surface area (Å²) in [6.07, 6.45) is 0.481. The van der Waals surface area contributed by atoms with E-state index < -0.39 is 11.9 Å². The Kier molecular flexibility index (Phi) is 1.80. The van der Waals surface area contributed by atoms with E-state index in [4.69, 9.17) is 14.6 Å². The van der Waals surface area contributed by atoms with Gasteiger partial charge in [0, 0.05) is 0 Å². The van der Waals surface area contributed by atoms with Crippen LogP contribution in [0.4, 0.5) is 0 Å². The number of hydrogen-bond donors (Lipinski definition) is 1. The van der Waals surface area contributed by atoms with Crippen molar-refractivity contribution < 1.29 is 19.4 Å². The highest BCUT2D eigenvalue weighted by Gasteiger charge is 2.49. The first-order chi connectivity index (χ1) is 6.03. The topological polar surface area (TPSA) is 55.8 Å². The summed E-state index contributed by atoms with van der Waals surface area (Å²) in [7, 11) is 0. The number of ether oxygens (including phenoxy) is 2. The van der Waals surface area contributed by atoms with Gasteiger partial charge in [-0.2, -0.15) is 0 Å². The Balaban J connectivity index is 2.24. The van der Waals surface area contributed by atoms with Gasteiger partial charge >= 0.3 is 0 Å². The lowest BCUT2D eigenvalue weighted by Crippen LogP contribution is -2.25. The van der Waals surface area contributed by atoms with E-state index in [0.29, 0.717) is 5.57 Å². The van der Waals surface area contributed by atoms with Gasteiger partial charge in [-0.3, -0.25) is 4.79 Å². The van der Waals surface area contributed by atoms with E-state index in [2.05, 4.69) is 0 Å². The first-order valence-electron chi connectivity index (χ1n) is 4.24. The van der Waals surface area contributed by atoms with Crippen molar-refractivity contribution in [1.82, 2.24) is 0 Å². The van der Waals surface area contributed by atoms with Crippen LogP contribution in [0.2, 0.25) is 0 Å². The van der Waals surface area contributed by atoms with Crippen LogP contribution in [0.1, 0.15) is 13.8 Å². The molecule has 2 rings (SSSR count). The highest BCUT2D eigenvalue weighted by molar-refractivity contribution is 5.98. The number of fused-ring (bicyclic) bond motifs is 1. The number of hydrogen-bond acceptors (Lipinski definition) is 4. The lowest BCUT2D eigenvalue weighted by molar-refractivity contribution is -0.153. The van der Waals surface area contributed by atoms with Crippen molar-refractivity contribution in [3.63, 3.8) is 0 Å². The zero-order chi connectivity index (χ0) is 9.64. The third-order valence-electron chi connectivity index (χ3n) is 2.25. The molecular formula is C9H12O4. The fourth-order valence-corrected chi connectivity index (χ4v) is 1.72. The van der Waals surface area contributed by atoms with E-state index in [-0.39, 0.29) is 18.5 Å². The molecule has 4 heteroatoms. The van der Waals surface area contributed by atoms with Crippen molar-refractivity contribution in [2.75, 3.05) is 6.61 Å². The Bertz CT molecular complexity index is 279. The molecule has 1 N–H and O–H groups in total. The average molecular weight is 184 g/mol. The second-order valence-corrected chi connectivity index (χ2v) is 3.76. The molecule has 4 nitrogen and oxygen atoms in total. The summed E-state index contributed by atoms with van der Waals surface area (Å²) in [6, 6.07) is 0. The zero-order valence-corrected chi connectivity index (χ0v) is 7.61. The maximum absolute atomic E-state index is 11.3. The highest BCUT2D eigenvalue weighted by atomic mass is 16.8. The summed E-state index contributed by atoms with van der Waals surface area (Å²) in [5.41, 5.74) is 0.612. The van der Waals surface area contributed by atoms with E-state index >= 15 is 0 Å². The molecule has 13 heavy (non-hydrogen) atoms.